The number of aryl methyl sites for hydroxylation is 1. The first-order valence-corrected chi connectivity index (χ1v) is 13.0. The van der Waals surface area contributed by atoms with E-state index in [0.717, 1.165) is 11.1 Å². The van der Waals surface area contributed by atoms with E-state index in [4.69, 9.17) is 30.6 Å². The third-order valence-electron chi connectivity index (χ3n) is 1.58. The second kappa shape index (κ2) is 7.12. The Balaban J connectivity index is 0.000000310. The number of benzene rings is 1. The van der Waals surface area contributed by atoms with Gasteiger partial charge >= 0.3 is 43.7 Å². The van der Waals surface area contributed by atoms with E-state index in [-0.39, 0.29) is 0 Å². The number of hydrogen-bond donors (Lipinski definition) is 1. The van der Waals surface area contributed by atoms with Crippen molar-refractivity contribution in [1.29, 1.82) is 0 Å². The van der Waals surface area contributed by atoms with Crippen LogP contribution in [0.2, 0.25) is 0 Å². The summed E-state index contributed by atoms with van der Waals surface area (Å²) in [7, 11) is 15.0. The summed E-state index contributed by atoms with van der Waals surface area (Å²) in [5, 5.41) is 9.10. The van der Waals surface area contributed by atoms with Gasteiger partial charge in [-0.2, -0.15) is 0 Å². The van der Waals surface area contributed by atoms with Gasteiger partial charge in [-0.1, -0.05) is 12.1 Å². The van der Waals surface area contributed by atoms with Crippen LogP contribution in [0.3, 0.4) is 0 Å². The van der Waals surface area contributed by atoms with Gasteiger partial charge in [-0.15, -0.1) is 0 Å². The molecule has 0 spiro atoms. The molecule has 13 heavy (non-hydrogen) atoms. The number of hydrogen-bond acceptors (Lipinski definition) is 1. The van der Waals surface area contributed by atoms with E-state index in [1.807, 2.05) is 26.0 Å². The Kier molecular flexibility index (Phi) is 7.54. The summed E-state index contributed by atoms with van der Waals surface area (Å²) in [6, 6.07) is 5.52. The Labute approximate surface area is 96.9 Å². The Bertz CT molecular complexity index is 243. The summed E-state index contributed by atoms with van der Waals surface area (Å²) in [6.45, 7) is 3.89. The third kappa shape index (κ3) is 6.79. The molecule has 0 fully saturated rings. The summed E-state index contributed by atoms with van der Waals surface area (Å²) >= 11 is -2.13. The molecule has 0 atom stereocenters. The van der Waals surface area contributed by atoms with Gasteiger partial charge in [0.15, 0.2) is 0 Å². The monoisotopic (exact) mass is 317 g/mol. The fourth-order valence-corrected chi connectivity index (χ4v) is 0.736. The molecule has 0 unspecified atom stereocenters. The molecule has 0 bridgehead atoms. The van der Waals surface area contributed by atoms with E-state index in [0.29, 0.717) is 5.75 Å². The molecule has 0 heterocycles. The maximum absolute atomic E-state index is 9.10. The molecule has 0 aliphatic heterocycles. The molecule has 0 saturated heterocycles. The second-order valence-corrected chi connectivity index (χ2v) is 13.6. The summed E-state index contributed by atoms with van der Waals surface area (Å²) < 4.78 is 0. The maximum atomic E-state index is 9.10. The molecular weight excluding hydrogens is 310 g/mol. The SMILES string of the molecule is Cc1cccc(O)c1C.[Cl][Zr]([Cl])[Cl]. The summed E-state index contributed by atoms with van der Waals surface area (Å²) in [5.41, 5.74) is 2.10. The molecule has 1 N–H and O–H groups in total. The number of rotatable bonds is 0. The summed E-state index contributed by atoms with van der Waals surface area (Å²) in [6.07, 6.45) is 0. The number of phenols is 1. The van der Waals surface area contributed by atoms with Gasteiger partial charge < -0.3 is 5.11 Å². The standard InChI is InChI=1S/C8H10O.3ClH.Zr/c1-6-4-3-5-8(9)7(6)2;;;;/h3-5,9H,1-2H3;3*1H;/q;;;;+3/p-3. The molecule has 1 nitrogen and oxygen atoms in total. The van der Waals surface area contributed by atoms with Crippen molar-refractivity contribution in [3.63, 3.8) is 0 Å². The molecule has 0 aromatic heterocycles. The summed E-state index contributed by atoms with van der Waals surface area (Å²) in [4.78, 5) is 0. The predicted molar refractivity (Wildman–Crippen MR) is 55.1 cm³/mol. The second-order valence-electron chi connectivity index (χ2n) is 2.43. The molecule has 0 saturated carbocycles. The molecule has 0 aliphatic rings. The fraction of sp³-hybridized carbons (Fsp3) is 0.250. The number of aromatic hydroxyl groups is 1. The first kappa shape index (κ1) is 13.8. The first-order chi connectivity index (χ1) is 5.95. The topological polar surface area (TPSA) is 20.2 Å². The van der Waals surface area contributed by atoms with Crippen molar-refractivity contribution >= 4 is 25.5 Å². The van der Waals surface area contributed by atoms with Crippen LogP contribution in [0.15, 0.2) is 18.2 Å². The van der Waals surface area contributed by atoms with E-state index in [9.17, 15) is 0 Å². The van der Waals surface area contributed by atoms with Crippen molar-refractivity contribution in [2.75, 3.05) is 0 Å². The molecule has 73 valence electrons. The minimum absolute atomic E-state index is 0.384. The summed E-state index contributed by atoms with van der Waals surface area (Å²) in [5.74, 6) is 0.384. The van der Waals surface area contributed by atoms with Gasteiger partial charge in [0.25, 0.3) is 0 Å². The Morgan fingerprint density at radius 1 is 1.15 bits per heavy atom. The van der Waals surface area contributed by atoms with Crippen molar-refractivity contribution < 1.29 is 23.3 Å². The minimum atomic E-state index is -2.13. The van der Waals surface area contributed by atoms with E-state index in [1.54, 1.807) is 6.07 Å². The van der Waals surface area contributed by atoms with Gasteiger partial charge in [-0.3, -0.25) is 0 Å². The van der Waals surface area contributed by atoms with Crippen LogP contribution in [0.25, 0.3) is 0 Å². The van der Waals surface area contributed by atoms with Crippen molar-refractivity contribution in [3.8, 4) is 5.75 Å². The van der Waals surface area contributed by atoms with Crippen molar-refractivity contribution in [3.05, 3.63) is 29.3 Å². The van der Waals surface area contributed by atoms with Crippen molar-refractivity contribution in [2.24, 2.45) is 0 Å². The van der Waals surface area contributed by atoms with Crippen LogP contribution >= 0.6 is 25.5 Å². The predicted octanol–water partition coefficient (Wildman–Crippen LogP) is 4.08. The zero-order valence-electron chi connectivity index (χ0n) is 7.31. The Morgan fingerprint density at radius 2 is 1.62 bits per heavy atom. The zero-order valence-corrected chi connectivity index (χ0v) is 12.0. The van der Waals surface area contributed by atoms with E-state index in [2.05, 4.69) is 0 Å². The van der Waals surface area contributed by atoms with E-state index in [1.165, 1.54) is 0 Å². The number of halogens is 3. The van der Waals surface area contributed by atoms with Crippen LogP contribution < -0.4 is 0 Å². The molecule has 0 aliphatic carbocycles. The normalized spacial score (nSPS) is 8.69. The van der Waals surface area contributed by atoms with Gasteiger partial charge in [0.1, 0.15) is 5.75 Å². The first-order valence-electron chi connectivity index (χ1n) is 3.53. The van der Waals surface area contributed by atoms with Gasteiger partial charge in [0.05, 0.1) is 0 Å². The van der Waals surface area contributed by atoms with E-state index < -0.39 is 18.2 Å². The van der Waals surface area contributed by atoms with Gasteiger partial charge in [-0.25, -0.2) is 0 Å². The van der Waals surface area contributed by atoms with Crippen molar-refractivity contribution in [2.45, 2.75) is 13.8 Å². The van der Waals surface area contributed by atoms with Crippen LogP contribution in [0.5, 0.6) is 5.75 Å². The molecule has 1 aromatic rings. The quantitative estimate of drug-likeness (QED) is 0.764. The molecule has 5 heteroatoms. The van der Waals surface area contributed by atoms with Crippen LogP contribution in [0, 0.1) is 13.8 Å². The average molecular weight is 320 g/mol. The Morgan fingerprint density at radius 3 is 1.92 bits per heavy atom. The van der Waals surface area contributed by atoms with Crippen LogP contribution in [-0.4, -0.2) is 5.11 Å². The van der Waals surface area contributed by atoms with Gasteiger partial charge in [-0.05, 0) is 31.0 Å². The number of phenolic OH excluding ortho intramolecular Hbond substituents is 1. The average Bonchev–Trinajstić information content (AvgIpc) is 1.99. The molecule has 1 aromatic carbocycles. The molecule has 0 radical (unpaired) electrons. The Hall–Kier alpha value is 0.773. The van der Waals surface area contributed by atoms with Crippen LogP contribution in [-0.2, 0) is 18.2 Å². The fourth-order valence-electron chi connectivity index (χ4n) is 0.736. The van der Waals surface area contributed by atoms with E-state index >= 15 is 0 Å². The molecule has 0 amide bonds. The van der Waals surface area contributed by atoms with Crippen molar-refractivity contribution in [1.82, 2.24) is 0 Å². The molecule has 1 rings (SSSR count). The zero-order chi connectivity index (χ0) is 10.4. The van der Waals surface area contributed by atoms with Crippen LogP contribution in [0.4, 0.5) is 0 Å². The van der Waals surface area contributed by atoms with Gasteiger partial charge in [0.2, 0.25) is 0 Å². The van der Waals surface area contributed by atoms with Gasteiger partial charge in [0, 0.05) is 0 Å². The molecular formula is C8H10Cl3OZr. The third-order valence-corrected chi connectivity index (χ3v) is 1.58. The van der Waals surface area contributed by atoms with Crippen LogP contribution in [0.1, 0.15) is 11.1 Å².